The average Bonchev–Trinajstić information content (AvgIpc) is 2.16. The van der Waals surface area contributed by atoms with Crippen molar-refractivity contribution in [3.8, 4) is 5.75 Å². The van der Waals surface area contributed by atoms with E-state index in [-0.39, 0.29) is 6.54 Å². The van der Waals surface area contributed by atoms with Crippen LogP contribution < -0.4 is 10.5 Å². The van der Waals surface area contributed by atoms with Gasteiger partial charge in [-0.05, 0) is 17.7 Å². The Morgan fingerprint density at radius 1 is 1.00 bits per heavy atom. The molecule has 1 aromatic carbocycles. The van der Waals surface area contributed by atoms with E-state index < -0.39 is 18.0 Å². The molecule has 0 bridgehead atoms. The van der Waals surface area contributed by atoms with Gasteiger partial charge in [0.25, 0.3) is 0 Å². The lowest BCUT2D eigenvalue weighted by Crippen LogP contribution is -2.41. The van der Waals surface area contributed by atoms with Crippen molar-refractivity contribution in [1.29, 1.82) is 0 Å². The second-order valence-corrected chi connectivity index (χ2v) is 2.96. The van der Waals surface area contributed by atoms with E-state index in [0.717, 1.165) is 12.1 Å². The number of ether oxygens (including phenoxy) is 1. The van der Waals surface area contributed by atoms with Crippen LogP contribution in [0.2, 0.25) is 0 Å². The van der Waals surface area contributed by atoms with Crippen LogP contribution in [0.15, 0.2) is 24.3 Å². The van der Waals surface area contributed by atoms with E-state index in [0.29, 0.717) is 5.56 Å². The molecule has 0 radical (unpaired) electrons. The summed E-state index contributed by atoms with van der Waals surface area (Å²) in [5.41, 5.74) is 5.83. The quantitative estimate of drug-likeness (QED) is 0.825. The van der Waals surface area contributed by atoms with Gasteiger partial charge in [0.2, 0.25) is 0 Å². The van der Waals surface area contributed by atoms with Gasteiger partial charge in [0.1, 0.15) is 5.75 Å². The van der Waals surface area contributed by atoms with Crippen LogP contribution in [0.1, 0.15) is 5.56 Å². The highest BCUT2D eigenvalue weighted by Gasteiger charge is 2.61. The summed E-state index contributed by atoms with van der Waals surface area (Å²) in [6, 6.07) is 4.62. The third-order valence-corrected chi connectivity index (χ3v) is 1.74. The SMILES string of the molecule is NCc1ccc(OC(F)(F)C(F)(F)F)cc1. The Labute approximate surface area is 87.8 Å². The summed E-state index contributed by atoms with van der Waals surface area (Å²) in [6.07, 6.45) is -10.9. The molecule has 0 atom stereocenters. The highest BCUT2D eigenvalue weighted by Crippen LogP contribution is 2.37. The lowest BCUT2D eigenvalue weighted by molar-refractivity contribution is -0.360. The minimum Gasteiger partial charge on any atom is -0.426 e. The summed E-state index contributed by atoms with van der Waals surface area (Å²) in [5, 5.41) is 0. The van der Waals surface area contributed by atoms with Crippen LogP contribution in [-0.2, 0) is 6.54 Å². The van der Waals surface area contributed by atoms with E-state index in [1.807, 2.05) is 0 Å². The van der Waals surface area contributed by atoms with Crippen molar-refractivity contribution in [2.24, 2.45) is 5.73 Å². The second-order valence-electron chi connectivity index (χ2n) is 2.96. The Morgan fingerprint density at radius 3 is 1.88 bits per heavy atom. The topological polar surface area (TPSA) is 35.2 Å². The fraction of sp³-hybridized carbons (Fsp3) is 0.333. The molecule has 90 valence electrons. The molecule has 2 N–H and O–H groups in total. The van der Waals surface area contributed by atoms with Crippen molar-refractivity contribution in [1.82, 2.24) is 0 Å². The molecule has 0 saturated heterocycles. The smallest absolute Gasteiger partial charge is 0.426 e. The zero-order chi connectivity index (χ0) is 12.4. The molecule has 0 aromatic heterocycles. The lowest BCUT2D eigenvalue weighted by Gasteiger charge is -2.20. The summed E-state index contributed by atoms with van der Waals surface area (Å²) in [5.74, 6) is -0.570. The number of hydrogen-bond acceptors (Lipinski definition) is 2. The van der Waals surface area contributed by atoms with E-state index in [1.165, 1.54) is 12.1 Å². The molecule has 0 heterocycles. The molecule has 0 amide bonds. The van der Waals surface area contributed by atoms with E-state index in [9.17, 15) is 22.0 Å². The number of halogens is 5. The van der Waals surface area contributed by atoms with Gasteiger partial charge in [-0.3, -0.25) is 0 Å². The fourth-order valence-corrected chi connectivity index (χ4v) is 0.899. The summed E-state index contributed by atoms with van der Waals surface area (Å²) >= 11 is 0. The van der Waals surface area contributed by atoms with Crippen LogP contribution in [0.5, 0.6) is 5.75 Å². The minimum atomic E-state index is -5.74. The van der Waals surface area contributed by atoms with Gasteiger partial charge in [0.15, 0.2) is 0 Å². The number of alkyl halides is 5. The zero-order valence-electron chi connectivity index (χ0n) is 7.89. The van der Waals surface area contributed by atoms with Crippen molar-refractivity contribution >= 4 is 0 Å². The Hall–Kier alpha value is -1.37. The summed E-state index contributed by atoms with van der Waals surface area (Å²) < 4.78 is 63.7. The first-order chi connectivity index (χ1) is 7.26. The monoisotopic (exact) mass is 241 g/mol. The molecule has 0 spiro atoms. The van der Waals surface area contributed by atoms with Gasteiger partial charge in [-0.15, -0.1) is 0 Å². The van der Waals surface area contributed by atoms with Crippen LogP contribution in [0.25, 0.3) is 0 Å². The first-order valence-electron chi connectivity index (χ1n) is 4.19. The number of rotatable bonds is 3. The van der Waals surface area contributed by atoms with Gasteiger partial charge in [0, 0.05) is 6.54 Å². The summed E-state index contributed by atoms with van der Waals surface area (Å²) in [6.45, 7) is 0.163. The molecule has 0 fully saturated rings. The maximum absolute atomic E-state index is 12.4. The first-order valence-corrected chi connectivity index (χ1v) is 4.19. The molecule has 7 heteroatoms. The lowest BCUT2D eigenvalue weighted by atomic mass is 10.2. The molecule has 0 aliphatic heterocycles. The highest BCUT2D eigenvalue weighted by atomic mass is 19.4. The fourth-order valence-electron chi connectivity index (χ4n) is 0.899. The van der Waals surface area contributed by atoms with Crippen molar-refractivity contribution in [3.63, 3.8) is 0 Å². The second kappa shape index (κ2) is 4.25. The molecule has 16 heavy (non-hydrogen) atoms. The van der Waals surface area contributed by atoms with E-state index >= 15 is 0 Å². The van der Waals surface area contributed by atoms with Gasteiger partial charge in [-0.25, -0.2) is 0 Å². The van der Waals surface area contributed by atoms with Crippen LogP contribution in [-0.4, -0.2) is 12.3 Å². The standard InChI is InChI=1S/C9H8F5NO/c10-8(11,12)9(13,14)16-7-3-1-6(5-15)2-4-7/h1-4H,5,15H2. The van der Waals surface area contributed by atoms with Crippen molar-refractivity contribution in [3.05, 3.63) is 29.8 Å². The predicted octanol–water partition coefficient (Wildman–Crippen LogP) is 2.68. The van der Waals surface area contributed by atoms with Crippen molar-refractivity contribution in [2.45, 2.75) is 18.8 Å². The zero-order valence-corrected chi connectivity index (χ0v) is 7.89. The minimum absolute atomic E-state index is 0.163. The number of hydrogen-bond donors (Lipinski definition) is 1. The van der Waals surface area contributed by atoms with Gasteiger partial charge < -0.3 is 10.5 Å². The summed E-state index contributed by atoms with van der Waals surface area (Å²) in [7, 11) is 0. The third-order valence-electron chi connectivity index (χ3n) is 1.74. The summed E-state index contributed by atoms with van der Waals surface area (Å²) in [4.78, 5) is 0. The van der Waals surface area contributed by atoms with E-state index in [2.05, 4.69) is 4.74 Å². The normalized spacial score (nSPS) is 12.6. The Balaban J connectivity index is 2.80. The van der Waals surface area contributed by atoms with Gasteiger partial charge in [-0.2, -0.15) is 22.0 Å². The maximum Gasteiger partial charge on any atom is 0.499 e. The number of benzene rings is 1. The van der Waals surface area contributed by atoms with Crippen LogP contribution >= 0.6 is 0 Å². The Kier molecular flexibility index (Phi) is 3.37. The molecular weight excluding hydrogens is 233 g/mol. The Morgan fingerprint density at radius 2 is 1.50 bits per heavy atom. The molecule has 1 rings (SSSR count). The van der Waals surface area contributed by atoms with E-state index in [4.69, 9.17) is 5.73 Å². The van der Waals surface area contributed by atoms with Crippen molar-refractivity contribution in [2.75, 3.05) is 0 Å². The predicted molar refractivity (Wildman–Crippen MR) is 46.0 cm³/mol. The molecule has 0 aliphatic carbocycles. The molecule has 0 aliphatic rings. The average molecular weight is 241 g/mol. The highest BCUT2D eigenvalue weighted by molar-refractivity contribution is 5.27. The number of nitrogens with two attached hydrogens (primary N) is 1. The van der Waals surface area contributed by atoms with Crippen molar-refractivity contribution < 1.29 is 26.7 Å². The van der Waals surface area contributed by atoms with Gasteiger partial charge in [0.05, 0.1) is 0 Å². The van der Waals surface area contributed by atoms with Gasteiger partial charge in [-0.1, -0.05) is 12.1 Å². The van der Waals surface area contributed by atoms with E-state index in [1.54, 1.807) is 0 Å². The van der Waals surface area contributed by atoms with Crippen LogP contribution in [0, 0.1) is 0 Å². The molecule has 0 saturated carbocycles. The van der Waals surface area contributed by atoms with Gasteiger partial charge >= 0.3 is 12.3 Å². The van der Waals surface area contributed by atoms with Crippen LogP contribution in [0.3, 0.4) is 0 Å². The molecule has 0 unspecified atom stereocenters. The molecule has 1 aromatic rings. The Bertz CT molecular complexity index is 346. The third kappa shape index (κ3) is 2.82. The molecular formula is C9H8F5NO. The first kappa shape index (κ1) is 12.7. The van der Waals surface area contributed by atoms with Crippen LogP contribution in [0.4, 0.5) is 22.0 Å². The maximum atomic E-state index is 12.4. The molecule has 2 nitrogen and oxygen atoms in total. The largest absolute Gasteiger partial charge is 0.499 e.